The second-order valence-electron chi connectivity index (χ2n) is 11.9. The fourth-order valence-electron chi connectivity index (χ4n) is 7.43. The average Bonchev–Trinajstić information content (AvgIpc) is 3.47. The molecule has 0 spiro atoms. The van der Waals surface area contributed by atoms with Gasteiger partial charge in [0.25, 0.3) is 5.91 Å². The molecule has 4 fully saturated rings. The van der Waals surface area contributed by atoms with Gasteiger partial charge in [-0.2, -0.15) is 0 Å². The molecular weight excluding hydrogens is 494 g/mol. The Morgan fingerprint density at radius 1 is 0.974 bits per heavy atom. The van der Waals surface area contributed by atoms with Gasteiger partial charge in [0.2, 0.25) is 5.91 Å². The molecule has 2 saturated heterocycles. The maximum absolute atomic E-state index is 14.3. The van der Waals surface area contributed by atoms with Crippen molar-refractivity contribution in [2.75, 3.05) is 0 Å². The Morgan fingerprint density at radius 3 is 2.38 bits per heavy atom. The number of imide groups is 1. The maximum atomic E-state index is 14.3. The van der Waals surface area contributed by atoms with Gasteiger partial charge in [0.1, 0.15) is 24.7 Å². The highest BCUT2D eigenvalue weighted by molar-refractivity contribution is 6.06. The number of hydrogen-bond donors (Lipinski definition) is 0. The quantitative estimate of drug-likeness (QED) is 0.342. The van der Waals surface area contributed by atoms with Gasteiger partial charge in [0.05, 0.1) is 0 Å². The number of carbonyl (C=O) groups excluding carboxylic acids is 4. The van der Waals surface area contributed by atoms with Crippen LogP contribution in [-0.4, -0.2) is 68.7 Å². The van der Waals surface area contributed by atoms with Gasteiger partial charge < -0.3 is 14.5 Å². The minimum Gasteiger partial charge on any atom is -0.459 e. The summed E-state index contributed by atoms with van der Waals surface area (Å²) in [6.45, 7) is 3.90. The summed E-state index contributed by atoms with van der Waals surface area (Å²) in [5.74, 6) is -0.528. The van der Waals surface area contributed by atoms with E-state index in [-0.39, 0.29) is 48.4 Å². The zero-order valence-corrected chi connectivity index (χ0v) is 23.4. The van der Waals surface area contributed by atoms with Crippen molar-refractivity contribution in [1.82, 2.24) is 14.7 Å². The number of carbonyl (C=O) groups is 4. The van der Waals surface area contributed by atoms with Crippen LogP contribution in [-0.2, 0) is 25.7 Å². The predicted molar refractivity (Wildman–Crippen MR) is 146 cm³/mol. The molecule has 2 saturated carbocycles. The van der Waals surface area contributed by atoms with E-state index in [0.717, 1.165) is 69.8 Å². The molecule has 1 unspecified atom stereocenters. The van der Waals surface area contributed by atoms with Gasteiger partial charge in [0.15, 0.2) is 0 Å². The molecule has 1 aromatic rings. The van der Waals surface area contributed by atoms with Crippen molar-refractivity contribution in [2.24, 2.45) is 5.92 Å². The second kappa shape index (κ2) is 12.1. The van der Waals surface area contributed by atoms with E-state index >= 15 is 0 Å². The van der Waals surface area contributed by atoms with Gasteiger partial charge in [-0.05, 0) is 56.9 Å². The van der Waals surface area contributed by atoms with Crippen molar-refractivity contribution in [1.29, 1.82) is 0 Å². The minimum absolute atomic E-state index is 0.0320. The number of rotatable bonds is 8. The molecule has 5 atom stereocenters. The first kappa shape index (κ1) is 27.7. The SMILES string of the molecule is CCCC1C(=O)N(C2CCCCC2)C(=O)N1[C@@H](C)C(=O)N1[C@H](C(=O)OCc2ccccc2)C[C@@H]2CCCC[C@@H]21. The second-order valence-corrected chi connectivity index (χ2v) is 11.9. The number of fused-ring (bicyclic) bond motifs is 1. The molecule has 39 heavy (non-hydrogen) atoms. The third-order valence-corrected chi connectivity index (χ3v) is 9.40. The summed E-state index contributed by atoms with van der Waals surface area (Å²) in [7, 11) is 0. The topological polar surface area (TPSA) is 87.2 Å². The van der Waals surface area contributed by atoms with E-state index in [4.69, 9.17) is 4.74 Å². The van der Waals surface area contributed by atoms with E-state index in [9.17, 15) is 19.2 Å². The van der Waals surface area contributed by atoms with Gasteiger partial charge in [-0.3, -0.25) is 14.5 Å². The Bertz CT molecular complexity index is 1060. The molecule has 2 heterocycles. The molecular formula is C31H43N3O5. The fourth-order valence-corrected chi connectivity index (χ4v) is 7.43. The first-order chi connectivity index (χ1) is 18.9. The first-order valence-corrected chi connectivity index (χ1v) is 15.1. The lowest BCUT2D eigenvalue weighted by molar-refractivity contribution is -0.157. The summed E-state index contributed by atoms with van der Waals surface area (Å²) in [6.07, 6.45) is 10.6. The normalized spacial score (nSPS) is 28.5. The van der Waals surface area contributed by atoms with Crippen molar-refractivity contribution in [3.63, 3.8) is 0 Å². The summed E-state index contributed by atoms with van der Waals surface area (Å²) in [5.41, 5.74) is 0.902. The summed E-state index contributed by atoms with van der Waals surface area (Å²) in [4.78, 5) is 59.7. The Labute approximate surface area is 232 Å². The van der Waals surface area contributed by atoms with Crippen LogP contribution in [0.5, 0.6) is 0 Å². The van der Waals surface area contributed by atoms with Crippen LogP contribution in [0, 0.1) is 5.92 Å². The lowest BCUT2D eigenvalue weighted by Gasteiger charge is -2.37. The molecule has 5 rings (SSSR count). The molecule has 2 aliphatic carbocycles. The van der Waals surface area contributed by atoms with E-state index in [1.165, 1.54) is 9.80 Å². The number of hydrogen-bond acceptors (Lipinski definition) is 5. The molecule has 212 valence electrons. The molecule has 1 aromatic carbocycles. The maximum Gasteiger partial charge on any atom is 0.329 e. The summed E-state index contributed by atoms with van der Waals surface area (Å²) >= 11 is 0. The van der Waals surface area contributed by atoms with Gasteiger partial charge in [-0.15, -0.1) is 0 Å². The highest BCUT2D eigenvalue weighted by Crippen LogP contribution is 2.41. The molecule has 8 heteroatoms. The van der Waals surface area contributed by atoms with Gasteiger partial charge in [0, 0.05) is 12.1 Å². The van der Waals surface area contributed by atoms with Crippen LogP contribution < -0.4 is 0 Å². The third kappa shape index (κ3) is 5.44. The number of urea groups is 1. The van der Waals surface area contributed by atoms with E-state index < -0.39 is 18.1 Å². The lowest BCUT2D eigenvalue weighted by Crippen LogP contribution is -2.56. The minimum atomic E-state index is -0.823. The molecule has 4 aliphatic rings. The number of likely N-dealkylation sites (tertiary alicyclic amines) is 1. The Balaban J connectivity index is 1.37. The van der Waals surface area contributed by atoms with Crippen molar-refractivity contribution in [3.8, 4) is 0 Å². The van der Waals surface area contributed by atoms with Crippen LogP contribution in [0.25, 0.3) is 0 Å². The number of ether oxygens (including phenoxy) is 1. The molecule has 2 aliphatic heterocycles. The van der Waals surface area contributed by atoms with Crippen molar-refractivity contribution in [3.05, 3.63) is 35.9 Å². The Hall–Kier alpha value is -2.90. The van der Waals surface area contributed by atoms with Crippen LogP contribution in [0.4, 0.5) is 4.79 Å². The molecule has 0 aromatic heterocycles. The summed E-state index contributed by atoms with van der Waals surface area (Å²) in [5, 5.41) is 0. The van der Waals surface area contributed by atoms with E-state index in [2.05, 4.69) is 0 Å². The number of nitrogens with zero attached hydrogens (tertiary/aromatic N) is 3. The fraction of sp³-hybridized carbons (Fsp3) is 0.677. The number of benzene rings is 1. The van der Waals surface area contributed by atoms with Gasteiger partial charge in [-0.25, -0.2) is 9.59 Å². The predicted octanol–water partition coefficient (Wildman–Crippen LogP) is 5.04. The largest absolute Gasteiger partial charge is 0.459 e. The zero-order chi connectivity index (χ0) is 27.5. The third-order valence-electron chi connectivity index (χ3n) is 9.40. The molecule has 0 N–H and O–H groups in total. The van der Waals surface area contributed by atoms with Crippen molar-refractivity contribution in [2.45, 2.75) is 128 Å². The Kier molecular flexibility index (Phi) is 8.57. The van der Waals surface area contributed by atoms with E-state index in [0.29, 0.717) is 12.8 Å². The van der Waals surface area contributed by atoms with Gasteiger partial charge >= 0.3 is 12.0 Å². The average molecular weight is 538 g/mol. The van der Waals surface area contributed by atoms with Crippen LogP contribution in [0.1, 0.15) is 96.5 Å². The zero-order valence-electron chi connectivity index (χ0n) is 23.4. The molecule has 4 amide bonds. The number of amides is 4. The lowest BCUT2D eigenvalue weighted by atomic mass is 9.84. The monoisotopic (exact) mass is 537 g/mol. The van der Waals surface area contributed by atoms with E-state index in [1.54, 1.807) is 11.8 Å². The Morgan fingerprint density at radius 2 is 1.67 bits per heavy atom. The standard InChI is InChI=1S/C31H43N3O5/c1-3-12-26-29(36)33(24-16-8-5-9-17-24)31(38)32(26)21(2)28(35)34-25-18-11-10-15-23(25)19-27(34)30(37)39-20-22-13-6-4-7-14-22/h4,6-7,13-14,21,23-27H,3,5,8-12,15-20H2,1-2H3/t21-,23-,25-,26?,27-/m0/s1. The molecule has 0 bridgehead atoms. The van der Waals surface area contributed by atoms with Crippen molar-refractivity contribution < 1.29 is 23.9 Å². The van der Waals surface area contributed by atoms with Crippen molar-refractivity contribution >= 4 is 23.8 Å². The van der Waals surface area contributed by atoms with E-state index in [1.807, 2.05) is 37.3 Å². The highest BCUT2D eigenvalue weighted by Gasteiger charge is 2.54. The van der Waals surface area contributed by atoms with Crippen LogP contribution in [0.15, 0.2) is 30.3 Å². The van der Waals surface area contributed by atoms with Crippen LogP contribution in [0.3, 0.4) is 0 Å². The summed E-state index contributed by atoms with van der Waals surface area (Å²) in [6, 6.07) is 6.98. The first-order valence-electron chi connectivity index (χ1n) is 15.1. The number of esters is 1. The molecule has 8 nitrogen and oxygen atoms in total. The van der Waals surface area contributed by atoms with Crippen LogP contribution in [0.2, 0.25) is 0 Å². The highest BCUT2D eigenvalue weighted by atomic mass is 16.5. The molecule has 0 radical (unpaired) electrons. The summed E-state index contributed by atoms with van der Waals surface area (Å²) < 4.78 is 5.72. The van der Waals surface area contributed by atoms with Crippen LogP contribution >= 0.6 is 0 Å². The smallest absolute Gasteiger partial charge is 0.329 e. The van der Waals surface area contributed by atoms with Gasteiger partial charge in [-0.1, -0.05) is 75.8 Å².